The topological polar surface area (TPSA) is 128 Å². The monoisotopic (exact) mass is 418 g/mol. The number of carbonyl (C=O) groups is 4. The summed E-state index contributed by atoms with van der Waals surface area (Å²) in [5.41, 5.74) is -0.386. The number of halogens is 1. The first kappa shape index (κ1) is 23.2. The first-order chi connectivity index (χ1) is 14.3. The number of ketones is 1. The van der Waals surface area contributed by atoms with Crippen molar-refractivity contribution in [3.8, 4) is 0 Å². The van der Waals surface area contributed by atoms with E-state index in [4.69, 9.17) is 5.41 Å². The molecule has 1 fully saturated rings. The third kappa shape index (κ3) is 6.47. The highest BCUT2D eigenvalue weighted by Gasteiger charge is 2.43. The molecule has 4 N–H and O–H groups in total. The van der Waals surface area contributed by atoms with E-state index in [0.29, 0.717) is 24.6 Å². The zero-order valence-corrected chi connectivity index (χ0v) is 16.9. The van der Waals surface area contributed by atoms with E-state index in [1.165, 1.54) is 31.2 Å². The van der Waals surface area contributed by atoms with E-state index >= 15 is 0 Å². The van der Waals surface area contributed by atoms with Crippen LogP contribution in [0.3, 0.4) is 0 Å². The van der Waals surface area contributed by atoms with Crippen LogP contribution in [0.15, 0.2) is 24.3 Å². The van der Waals surface area contributed by atoms with Crippen LogP contribution in [-0.2, 0) is 25.7 Å². The molecule has 0 bridgehead atoms. The maximum atomic E-state index is 13.0. The summed E-state index contributed by atoms with van der Waals surface area (Å²) < 4.78 is 13.0. The molecule has 0 saturated heterocycles. The highest BCUT2D eigenvalue weighted by molar-refractivity contribution is 6.26. The van der Waals surface area contributed by atoms with Gasteiger partial charge in [0.25, 0.3) is 0 Å². The number of benzene rings is 1. The Morgan fingerprint density at radius 3 is 2.37 bits per heavy atom. The van der Waals surface area contributed by atoms with Gasteiger partial charge in [0.05, 0.1) is 6.21 Å². The lowest BCUT2D eigenvalue weighted by Gasteiger charge is -2.30. The first-order valence-corrected chi connectivity index (χ1v) is 9.91. The molecule has 162 valence electrons. The van der Waals surface area contributed by atoms with Crippen molar-refractivity contribution in [1.82, 2.24) is 16.0 Å². The highest BCUT2D eigenvalue weighted by atomic mass is 19.1. The van der Waals surface area contributed by atoms with Crippen molar-refractivity contribution < 1.29 is 23.6 Å². The molecule has 8 nitrogen and oxygen atoms in total. The molecule has 9 heteroatoms. The molecule has 0 unspecified atom stereocenters. The third-order valence-electron chi connectivity index (χ3n) is 5.15. The smallest absolute Gasteiger partial charge is 0.246 e. The second-order valence-electron chi connectivity index (χ2n) is 7.49. The number of rotatable bonds is 10. The lowest BCUT2D eigenvalue weighted by molar-refractivity contribution is -0.135. The fourth-order valence-corrected chi connectivity index (χ4v) is 3.56. The van der Waals surface area contributed by atoms with Crippen molar-refractivity contribution in [3.63, 3.8) is 0 Å². The van der Waals surface area contributed by atoms with Gasteiger partial charge in [0.2, 0.25) is 17.7 Å². The van der Waals surface area contributed by atoms with Crippen LogP contribution in [0, 0.1) is 11.2 Å². The SMILES string of the molecule is CC(=O)NC1(C(=O)N[C@@H](CCC(=O)C=N)C(=O)NCc2ccc(F)cc2)CCCC1. The van der Waals surface area contributed by atoms with Gasteiger partial charge in [0, 0.05) is 19.9 Å². The fourth-order valence-electron chi connectivity index (χ4n) is 3.56. The Kier molecular flexibility index (Phi) is 8.20. The molecule has 1 atom stereocenters. The number of nitrogens with one attached hydrogen (secondary N) is 4. The molecule has 1 aliphatic rings. The number of Topliss-reactive ketones (excluding diaryl/α,β-unsaturated/α-hetero) is 1. The Bertz CT molecular complexity index is 804. The molecule has 3 amide bonds. The lowest BCUT2D eigenvalue weighted by atomic mass is 9.95. The molecule has 1 aromatic rings. The maximum Gasteiger partial charge on any atom is 0.246 e. The van der Waals surface area contributed by atoms with Crippen molar-refractivity contribution in [2.24, 2.45) is 0 Å². The normalized spacial score (nSPS) is 15.7. The molecule has 0 radical (unpaired) electrons. The highest BCUT2D eigenvalue weighted by Crippen LogP contribution is 2.30. The Morgan fingerprint density at radius 1 is 1.17 bits per heavy atom. The lowest BCUT2D eigenvalue weighted by Crippen LogP contribution is -2.60. The molecule has 0 heterocycles. The number of amides is 3. The van der Waals surface area contributed by atoms with Crippen molar-refractivity contribution in [1.29, 1.82) is 5.41 Å². The van der Waals surface area contributed by atoms with Gasteiger partial charge in [-0.05, 0) is 37.0 Å². The van der Waals surface area contributed by atoms with E-state index in [1.54, 1.807) is 0 Å². The molecule has 30 heavy (non-hydrogen) atoms. The Hall–Kier alpha value is -3.10. The second kappa shape index (κ2) is 10.6. The van der Waals surface area contributed by atoms with E-state index in [2.05, 4.69) is 16.0 Å². The van der Waals surface area contributed by atoms with Gasteiger partial charge in [-0.15, -0.1) is 0 Å². The van der Waals surface area contributed by atoms with Gasteiger partial charge in [-0.25, -0.2) is 4.39 Å². The van der Waals surface area contributed by atoms with Crippen LogP contribution >= 0.6 is 0 Å². The van der Waals surface area contributed by atoms with Crippen molar-refractivity contribution in [3.05, 3.63) is 35.6 Å². The minimum Gasteiger partial charge on any atom is -0.350 e. The van der Waals surface area contributed by atoms with E-state index in [1.807, 2.05) is 0 Å². The molecule has 0 aromatic heterocycles. The van der Waals surface area contributed by atoms with Crippen molar-refractivity contribution >= 4 is 29.7 Å². The molecule has 1 aliphatic carbocycles. The molecule has 1 aromatic carbocycles. The Balaban J connectivity index is 2.08. The van der Waals surface area contributed by atoms with Crippen LogP contribution in [0.2, 0.25) is 0 Å². The van der Waals surface area contributed by atoms with Crippen molar-refractivity contribution in [2.75, 3.05) is 0 Å². The van der Waals surface area contributed by atoms with E-state index in [0.717, 1.165) is 12.8 Å². The summed E-state index contributed by atoms with van der Waals surface area (Å²) in [5.74, 6) is -2.14. The van der Waals surface area contributed by atoms with E-state index in [-0.39, 0.29) is 31.1 Å². The van der Waals surface area contributed by atoms with Gasteiger partial charge in [-0.2, -0.15) is 0 Å². The molecular weight excluding hydrogens is 391 g/mol. The van der Waals surface area contributed by atoms with Crippen LogP contribution in [0.5, 0.6) is 0 Å². The average molecular weight is 418 g/mol. The van der Waals surface area contributed by atoms with Crippen LogP contribution in [0.1, 0.15) is 51.0 Å². The van der Waals surface area contributed by atoms with Gasteiger partial charge in [0.1, 0.15) is 17.4 Å². The zero-order valence-electron chi connectivity index (χ0n) is 16.9. The van der Waals surface area contributed by atoms with E-state index in [9.17, 15) is 23.6 Å². The minimum absolute atomic E-state index is 0.0192. The summed E-state index contributed by atoms with van der Waals surface area (Å²) in [6.45, 7) is 1.46. The standard InChI is InChI=1S/C21H27FN4O4/c1-14(27)26-21(10-2-3-11-21)20(30)25-18(9-8-17(28)12-23)19(29)24-13-15-4-6-16(22)7-5-15/h4-7,12,18,23H,2-3,8-11,13H2,1H3,(H,24,29)(H,25,30)(H,26,27)/t18-/m0/s1. The summed E-state index contributed by atoms with van der Waals surface area (Å²) in [6, 6.07) is 4.62. The van der Waals surface area contributed by atoms with Gasteiger partial charge in [0.15, 0.2) is 5.78 Å². The summed E-state index contributed by atoms with van der Waals surface area (Å²) >= 11 is 0. The first-order valence-electron chi connectivity index (χ1n) is 9.91. The largest absolute Gasteiger partial charge is 0.350 e. The predicted octanol–water partition coefficient (Wildman–Crippen LogP) is 1.37. The second-order valence-corrected chi connectivity index (χ2v) is 7.49. The Labute approximate surface area is 174 Å². The van der Waals surface area contributed by atoms with Crippen LogP contribution < -0.4 is 16.0 Å². The van der Waals surface area contributed by atoms with Gasteiger partial charge in [-0.3, -0.25) is 19.2 Å². The molecular formula is C21H27FN4O4. The molecule has 0 aliphatic heterocycles. The number of hydrogen-bond acceptors (Lipinski definition) is 5. The zero-order chi connectivity index (χ0) is 22.1. The summed E-state index contributed by atoms with van der Waals surface area (Å²) in [6.07, 6.45) is 3.12. The predicted molar refractivity (Wildman–Crippen MR) is 108 cm³/mol. The number of carbonyl (C=O) groups excluding carboxylic acids is 4. The van der Waals surface area contributed by atoms with Gasteiger partial charge in [-0.1, -0.05) is 25.0 Å². The van der Waals surface area contributed by atoms with Crippen LogP contribution in [0.25, 0.3) is 0 Å². The van der Waals surface area contributed by atoms with Gasteiger partial charge < -0.3 is 21.4 Å². The van der Waals surface area contributed by atoms with Crippen LogP contribution in [-0.4, -0.2) is 41.3 Å². The maximum absolute atomic E-state index is 13.0. The average Bonchev–Trinajstić information content (AvgIpc) is 3.19. The van der Waals surface area contributed by atoms with Gasteiger partial charge >= 0.3 is 0 Å². The summed E-state index contributed by atoms with van der Waals surface area (Å²) in [7, 11) is 0. The Morgan fingerprint density at radius 2 is 1.80 bits per heavy atom. The van der Waals surface area contributed by atoms with E-state index < -0.39 is 29.2 Å². The van der Waals surface area contributed by atoms with Crippen LogP contribution in [0.4, 0.5) is 4.39 Å². The molecule has 2 rings (SSSR count). The molecule has 0 spiro atoms. The minimum atomic E-state index is -1.06. The third-order valence-corrected chi connectivity index (χ3v) is 5.15. The van der Waals surface area contributed by atoms with Crippen molar-refractivity contribution in [2.45, 2.75) is 63.6 Å². The molecule has 1 saturated carbocycles. The number of hydrogen-bond donors (Lipinski definition) is 4. The quantitative estimate of drug-likeness (QED) is 0.428. The summed E-state index contributed by atoms with van der Waals surface area (Å²) in [4.78, 5) is 48.8. The fraction of sp³-hybridized carbons (Fsp3) is 0.476. The summed E-state index contributed by atoms with van der Waals surface area (Å²) in [5, 5.41) is 15.1.